The maximum atomic E-state index is 14.9. The van der Waals surface area contributed by atoms with Gasteiger partial charge in [-0.05, 0) is 81.6 Å². The van der Waals surface area contributed by atoms with E-state index in [4.69, 9.17) is 0 Å². The fraction of sp³-hybridized carbons (Fsp3) is 0.444. The summed E-state index contributed by atoms with van der Waals surface area (Å²) < 4.78 is 60.1. The molecule has 2 unspecified atom stereocenters. The third kappa shape index (κ3) is 9.13. The number of aromatic nitrogens is 3. The van der Waals surface area contributed by atoms with Crippen molar-refractivity contribution in [3.05, 3.63) is 71.7 Å². The first-order valence-corrected chi connectivity index (χ1v) is 17.1. The number of nitrogens with zero attached hydrogens (tertiary/aromatic N) is 4. The molecule has 11 nitrogen and oxygen atoms in total. The van der Waals surface area contributed by atoms with Crippen molar-refractivity contribution in [2.24, 2.45) is 11.8 Å². The van der Waals surface area contributed by atoms with Crippen LogP contribution in [0.2, 0.25) is 0 Å². The van der Waals surface area contributed by atoms with Gasteiger partial charge in [-0.3, -0.25) is 14.0 Å². The number of rotatable bonds is 17. The minimum absolute atomic E-state index is 0.00937. The average Bonchev–Trinajstić information content (AvgIpc) is 3.52. The number of alkyl halides is 2. The summed E-state index contributed by atoms with van der Waals surface area (Å²) in [4.78, 5) is 37.2. The van der Waals surface area contributed by atoms with Crippen LogP contribution in [-0.4, -0.2) is 83.5 Å². The number of halogens is 4. The Bertz CT molecular complexity index is 1830. The number of hydrogen-bond donors (Lipinski definition) is 4. The van der Waals surface area contributed by atoms with E-state index < -0.39 is 24.0 Å². The molecule has 4 aromatic rings. The Labute approximate surface area is 294 Å². The van der Waals surface area contributed by atoms with Gasteiger partial charge in [-0.1, -0.05) is 13.8 Å². The molecule has 2 amide bonds. The highest BCUT2D eigenvalue weighted by molar-refractivity contribution is 5.96. The molecule has 0 spiro atoms. The maximum absolute atomic E-state index is 14.9. The monoisotopic (exact) mass is 712 g/mol. The fourth-order valence-electron chi connectivity index (χ4n) is 6.10. The zero-order chi connectivity index (χ0) is 36.7. The second-order valence-corrected chi connectivity index (χ2v) is 12.9. The molecule has 0 saturated carbocycles. The van der Waals surface area contributed by atoms with Crippen molar-refractivity contribution in [3.63, 3.8) is 0 Å². The van der Waals surface area contributed by atoms with Gasteiger partial charge >= 0.3 is 6.61 Å². The van der Waals surface area contributed by atoms with Crippen molar-refractivity contribution >= 4 is 29.0 Å². The number of nitrogens with one attached hydrogen (secondary N) is 4. The van der Waals surface area contributed by atoms with Gasteiger partial charge in [0.15, 0.2) is 23.0 Å². The van der Waals surface area contributed by atoms with Crippen molar-refractivity contribution < 1.29 is 31.9 Å². The molecule has 15 heteroatoms. The van der Waals surface area contributed by atoms with E-state index in [0.29, 0.717) is 41.6 Å². The third-order valence-electron chi connectivity index (χ3n) is 9.08. The van der Waals surface area contributed by atoms with Crippen molar-refractivity contribution in [1.29, 1.82) is 0 Å². The summed E-state index contributed by atoms with van der Waals surface area (Å²) in [5.74, 6) is -3.19. The standard InChI is InChI=1S/C36H44F4N8O3/c1-5-23(11-13-47(4)20-22-17-41-18-22)34(49)44-16-21(3)45-35(50)26-8-7-25(15-24(26)6-2)46-32-33-43-19-28(48(33)14-12-42-32)27-9-10-29(51-36(39)40)31(38)30(27)37/h7-10,12,14-15,19,21-23,36,41H,5-6,11,13,16-18,20H2,1-4H3,(H,42,46)(H,44,49)(H,45,50). The number of aryl methyl sites for hydroxylation is 1. The fourth-order valence-corrected chi connectivity index (χ4v) is 6.10. The van der Waals surface area contributed by atoms with Gasteiger partial charge in [-0.15, -0.1) is 0 Å². The van der Waals surface area contributed by atoms with E-state index in [1.54, 1.807) is 12.1 Å². The number of carbonyl (C=O) groups is 2. The van der Waals surface area contributed by atoms with Crippen LogP contribution >= 0.6 is 0 Å². The Morgan fingerprint density at radius 3 is 2.59 bits per heavy atom. The molecule has 0 radical (unpaired) electrons. The quantitative estimate of drug-likeness (QED) is 0.108. The van der Waals surface area contributed by atoms with Crippen LogP contribution in [0.1, 0.15) is 49.5 Å². The van der Waals surface area contributed by atoms with E-state index in [2.05, 4.69) is 47.9 Å². The number of carbonyl (C=O) groups excluding carboxylic acids is 2. The number of anilines is 2. The van der Waals surface area contributed by atoms with Crippen molar-refractivity contribution in [3.8, 4) is 17.0 Å². The zero-order valence-electron chi connectivity index (χ0n) is 29.1. The molecular formula is C36H44F4N8O3. The van der Waals surface area contributed by atoms with Crippen LogP contribution < -0.4 is 26.0 Å². The van der Waals surface area contributed by atoms with Crippen LogP contribution in [0.25, 0.3) is 16.9 Å². The zero-order valence-corrected chi connectivity index (χ0v) is 29.1. The normalized spacial score (nSPS) is 14.4. The number of hydrogen-bond acceptors (Lipinski definition) is 8. The first-order valence-electron chi connectivity index (χ1n) is 17.1. The van der Waals surface area contributed by atoms with E-state index >= 15 is 0 Å². The molecule has 274 valence electrons. The van der Waals surface area contributed by atoms with Crippen LogP contribution in [0, 0.1) is 23.5 Å². The summed E-state index contributed by atoms with van der Waals surface area (Å²) in [5.41, 5.74) is 2.11. The lowest BCUT2D eigenvalue weighted by atomic mass is 9.99. The summed E-state index contributed by atoms with van der Waals surface area (Å²) in [6, 6.07) is 6.99. The molecule has 2 aromatic heterocycles. The van der Waals surface area contributed by atoms with Crippen LogP contribution in [0.4, 0.5) is 29.1 Å². The van der Waals surface area contributed by atoms with Crippen molar-refractivity contribution in [1.82, 2.24) is 35.2 Å². The lowest BCUT2D eigenvalue weighted by molar-refractivity contribution is -0.125. The summed E-state index contributed by atoms with van der Waals surface area (Å²) >= 11 is 0. The molecule has 0 aliphatic carbocycles. The number of fused-ring (bicyclic) bond motifs is 1. The number of imidazole rings is 1. The van der Waals surface area contributed by atoms with Crippen LogP contribution in [0.3, 0.4) is 0 Å². The van der Waals surface area contributed by atoms with E-state index in [-0.39, 0.29) is 35.0 Å². The molecule has 51 heavy (non-hydrogen) atoms. The second kappa shape index (κ2) is 17.0. The number of amides is 2. The van der Waals surface area contributed by atoms with Crippen LogP contribution in [-0.2, 0) is 11.2 Å². The molecule has 0 bridgehead atoms. The van der Waals surface area contributed by atoms with E-state index in [1.807, 2.05) is 26.8 Å². The molecule has 4 N–H and O–H groups in total. The molecule has 3 heterocycles. The molecule has 1 aliphatic heterocycles. The van der Waals surface area contributed by atoms with Crippen LogP contribution in [0.15, 0.2) is 48.9 Å². The van der Waals surface area contributed by atoms with Gasteiger partial charge in [0, 0.05) is 67.3 Å². The SMILES string of the molecule is CCc1cc(Nc2nccn3c(-c4ccc(OC(F)F)c(F)c4F)cnc23)ccc1C(=O)NC(C)CNC(=O)C(CC)CCN(C)CC1CNC1. The highest BCUT2D eigenvalue weighted by Crippen LogP contribution is 2.32. The van der Waals surface area contributed by atoms with Crippen molar-refractivity contribution in [2.75, 3.05) is 45.1 Å². The summed E-state index contributed by atoms with van der Waals surface area (Å²) in [7, 11) is 2.09. The predicted octanol–water partition coefficient (Wildman–Crippen LogP) is 5.38. The molecule has 1 saturated heterocycles. The lowest BCUT2D eigenvalue weighted by Crippen LogP contribution is -2.48. The minimum Gasteiger partial charge on any atom is -0.432 e. The summed E-state index contributed by atoms with van der Waals surface area (Å²) in [6.45, 7) is 6.76. The summed E-state index contributed by atoms with van der Waals surface area (Å²) in [5, 5.41) is 12.5. The van der Waals surface area contributed by atoms with Gasteiger partial charge in [0.25, 0.3) is 5.91 Å². The van der Waals surface area contributed by atoms with Crippen LogP contribution in [0.5, 0.6) is 5.75 Å². The third-order valence-corrected chi connectivity index (χ3v) is 9.08. The number of ether oxygens (including phenoxy) is 1. The first-order chi connectivity index (χ1) is 24.5. The van der Waals surface area contributed by atoms with Gasteiger partial charge < -0.3 is 30.9 Å². The van der Waals surface area contributed by atoms with E-state index in [1.165, 1.54) is 23.0 Å². The highest BCUT2D eigenvalue weighted by atomic mass is 19.3. The Hall–Kier alpha value is -4.76. The predicted molar refractivity (Wildman–Crippen MR) is 186 cm³/mol. The molecule has 1 aliphatic rings. The minimum atomic E-state index is -3.31. The van der Waals surface area contributed by atoms with Gasteiger partial charge in [0.1, 0.15) is 0 Å². The van der Waals surface area contributed by atoms with E-state index in [0.717, 1.165) is 56.7 Å². The van der Waals surface area contributed by atoms with Gasteiger partial charge in [0.2, 0.25) is 11.7 Å². The average molecular weight is 713 g/mol. The second-order valence-electron chi connectivity index (χ2n) is 12.9. The molecule has 2 aromatic carbocycles. The topological polar surface area (TPSA) is 125 Å². The maximum Gasteiger partial charge on any atom is 0.387 e. The molecular weight excluding hydrogens is 668 g/mol. The number of benzene rings is 2. The lowest BCUT2D eigenvalue weighted by Gasteiger charge is -2.31. The Balaban J connectivity index is 1.20. The molecule has 1 fully saturated rings. The molecule has 2 atom stereocenters. The Morgan fingerprint density at radius 1 is 1.12 bits per heavy atom. The highest BCUT2D eigenvalue weighted by Gasteiger charge is 2.23. The van der Waals surface area contributed by atoms with Gasteiger partial charge in [-0.2, -0.15) is 13.2 Å². The molecule has 5 rings (SSSR count). The van der Waals surface area contributed by atoms with Gasteiger partial charge in [-0.25, -0.2) is 14.4 Å². The largest absolute Gasteiger partial charge is 0.432 e. The Morgan fingerprint density at radius 2 is 1.90 bits per heavy atom. The smallest absolute Gasteiger partial charge is 0.387 e. The van der Waals surface area contributed by atoms with E-state index in [9.17, 15) is 27.2 Å². The summed E-state index contributed by atoms with van der Waals surface area (Å²) in [6.07, 6.45) is 6.34. The van der Waals surface area contributed by atoms with Gasteiger partial charge in [0.05, 0.1) is 11.9 Å². The Kier molecular flexibility index (Phi) is 12.5. The first kappa shape index (κ1) is 37.5. The van der Waals surface area contributed by atoms with Crippen molar-refractivity contribution in [2.45, 2.75) is 52.7 Å².